The second-order valence-corrected chi connectivity index (χ2v) is 7.40. The topological polar surface area (TPSA) is 149 Å². The monoisotopic (exact) mass is 422 g/mol. The zero-order valence-corrected chi connectivity index (χ0v) is 16.8. The van der Waals surface area contributed by atoms with Gasteiger partial charge in [-0.3, -0.25) is 9.78 Å². The SMILES string of the molecule is Nc1ccc(-c2ccc(F)nc2N)nc1C(=O)Nc1cnccc1N1CCC[C@H](N)C1. The van der Waals surface area contributed by atoms with Crippen LogP contribution in [0.25, 0.3) is 11.3 Å². The first-order chi connectivity index (χ1) is 14.9. The number of nitrogens with one attached hydrogen (secondary N) is 1. The molecule has 160 valence electrons. The highest BCUT2D eigenvalue weighted by molar-refractivity contribution is 6.08. The third-order valence-electron chi connectivity index (χ3n) is 5.15. The first-order valence-corrected chi connectivity index (χ1v) is 9.87. The summed E-state index contributed by atoms with van der Waals surface area (Å²) in [5, 5.41) is 2.85. The molecule has 0 radical (unpaired) electrons. The minimum Gasteiger partial charge on any atom is -0.397 e. The number of hydrogen-bond donors (Lipinski definition) is 4. The molecule has 3 aromatic rings. The minimum absolute atomic E-state index is 0.0198. The largest absolute Gasteiger partial charge is 0.397 e. The van der Waals surface area contributed by atoms with E-state index in [1.807, 2.05) is 6.07 Å². The highest BCUT2D eigenvalue weighted by Gasteiger charge is 2.21. The van der Waals surface area contributed by atoms with Gasteiger partial charge in [-0.05, 0) is 43.2 Å². The number of pyridine rings is 3. The van der Waals surface area contributed by atoms with Crippen LogP contribution in [-0.2, 0) is 0 Å². The summed E-state index contributed by atoms with van der Waals surface area (Å²) < 4.78 is 13.3. The summed E-state index contributed by atoms with van der Waals surface area (Å²) in [5.74, 6) is -1.22. The molecule has 31 heavy (non-hydrogen) atoms. The van der Waals surface area contributed by atoms with E-state index in [1.165, 1.54) is 12.1 Å². The minimum atomic E-state index is -0.698. The number of piperidine rings is 1. The van der Waals surface area contributed by atoms with Gasteiger partial charge in [0.25, 0.3) is 5.91 Å². The molecule has 1 fully saturated rings. The van der Waals surface area contributed by atoms with Gasteiger partial charge in [-0.25, -0.2) is 9.97 Å². The molecule has 0 spiro atoms. The molecule has 4 rings (SSSR count). The van der Waals surface area contributed by atoms with E-state index in [1.54, 1.807) is 24.5 Å². The Labute approximate surface area is 178 Å². The van der Waals surface area contributed by atoms with Gasteiger partial charge in [0.1, 0.15) is 5.82 Å². The van der Waals surface area contributed by atoms with Gasteiger partial charge in [0.15, 0.2) is 5.69 Å². The fourth-order valence-corrected chi connectivity index (χ4v) is 3.64. The fourth-order valence-electron chi connectivity index (χ4n) is 3.64. The van der Waals surface area contributed by atoms with Crippen LogP contribution in [-0.4, -0.2) is 40.0 Å². The normalized spacial score (nSPS) is 16.2. The molecule has 0 bridgehead atoms. The average Bonchev–Trinajstić information content (AvgIpc) is 2.75. The van der Waals surface area contributed by atoms with Gasteiger partial charge in [0.2, 0.25) is 5.95 Å². The number of rotatable bonds is 4. The lowest BCUT2D eigenvalue weighted by molar-refractivity contribution is 0.102. The number of aromatic nitrogens is 3. The summed E-state index contributed by atoms with van der Waals surface area (Å²) in [4.78, 5) is 27.2. The van der Waals surface area contributed by atoms with Crippen molar-refractivity contribution in [2.24, 2.45) is 5.73 Å². The molecule has 0 aromatic carbocycles. The molecule has 10 heteroatoms. The van der Waals surface area contributed by atoms with Gasteiger partial charge < -0.3 is 27.4 Å². The summed E-state index contributed by atoms with van der Waals surface area (Å²) in [6.45, 7) is 1.53. The number of nitrogen functional groups attached to an aromatic ring is 2. The Morgan fingerprint density at radius 2 is 2.00 bits per heavy atom. The molecule has 3 aromatic heterocycles. The van der Waals surface area contributed by atoms with Gasteiger partial charge in [-0.2, -0.15) is 4.39 Å². The first kappa shape index (κ1) is 20.5. The predicted octanol–water partition coefficient (Wildman–Crippen LogP) is 2.02. The molecule has 7 N–H and O–H groups in total. The molecule has 1 atom stereocenters. The third-order valence-corrected chi connectivity index (χ3v) is 5.15. The summed E-state index contributed by atoms with van der Waals surface area (Å²) in [7, 11) is 0. The van der Waals surface area contributed by atoms with E-state index in [-0.39, 0.29) is 23.2 Å². The van der Waals surface area contributed by atoms with E-state index in [2.05, 4.69) is 25.2 Å². The zero-order valence-electron chi connectivity index (χ0n) is 16.8. The Kier molecular flexibility index (Phi) is 5.63. The van der Waals surface area contributed by atoms with Gasteiger partial charge in [0.05, 0.1) is 29.0 Å². The van der Waals surface area contributed by atoms with Crippen molar-refractivity contribution in [1.29, 1.82) is 0 Å². The van der Waals surface area contributed by atoms with Crippen LogP contribution < -0.4 is 27.4 Å². The van der Waals surface area contributed by atoms with E-state index in [4.69, 9.17) is 17.2 Å². The van der Waals surface area contributed by atoms with Crippen molar-refractivity contribution in [3.05, 3.63) is 54.4 Å². The average molecular weight is 422 g/mol. The van der Waals surface area contributed by atoms with Crippen molar-refractivity contribution < 1.29 is 9.18 Å². The van der Waals surface area contributed by atoms with E-state index >= 15 is 0 Å². The van der Waals surface area contributed by atoms with E-state index < -0.39 is 11.9 Å². The Morgan fingerprint density at radius 3 is 2.77 bits per heavy atom. The lowest BCUT2D eigenvalue weighted by Gasteiger charge is -2.33. The van der Waals surface area contributed by atoms with Crippen LogP contribution in [0.4, 0.5) is 27.3 Å². The molecule has 4 heterocycles. The summed E-state index contributed by atoms with van der Waals surface area (Å²) in [5.41, 5.74) is 20.3. The van der Waals surface area contributed by atoms with Crippen molar-refractivity contribution in [2.75, 3.05) is 34.8 Å². The Hall–Kier alpha value is -3.79. The summed E-state index contributed by atoms with van der Waals surface area (Å²) in [6, 6.07) is 7.70. The predicted molar refractivity (Wildman–Crippen MR) is 118 cm³/mol. The van der Waals surface area contributed by atoms with Gasteiger partial charge in [-0.1, -0.05) is 0 Å². The van der Waals surface area contributed by atoms with Crippen molar-refractivity contribution >= 4 is 28.8 Å². The second-order valence-electron chi connectivity index (χ2n) is 7.40. The van der Waals surface area contributed by atoms with Gasteiger partial charge >= 0.3 is 0 Å². The Balaban J connectivity index is 1.63. The molecule has 1 aliphatic heterocycles. The first-order valence-electron chi connectivity index (χ1n) is 9.87. The van der Waals surface area contributed by atoms with Gasteiger partial charge in [0, 0.05) is 30.9 Å². The van der Waals surface area contributed by atoms with Crippen LogP contribution in [0.1, 0.15) is 23.3 Å². The number of nitrogens with zero attached hydrogens (tertiary/aromatic N) is 4. The molecule has 9 nitrogen and oxygen atoms in total. The highest BCUT2D eigenvalue weighted by atomic mass is 19.1. The number of amides is 1. The number of carbonyl (C=O) groups is 1. The maximum absolute atomic E-state index is 13.3. The summed E-state index contributed by atoms with van der Waals surface area (Å²) in [6.07, 6.45) is 5.19. The summed E-state index contributed by atoms with van der Waals surface area (Å²) >= 11 is 0. The fraction of sp³-hybridized carbons (Fsp3) is 0.238. The van der Waals surface area contributed by atoms with Crippen LogP contribution in [0.3, 0.4) is 0 Å². The van der Waals surface area contributed by atoms with Crippen molar-refractivity contribution in [1.82, 2.24) is 15.0 Å². The number of carbonyl (C=O) groups excluding carboxylic acids is 1. The molecule has 0 unspecified atom stereocenters. The second kappa shape index (κ2) is 8.52. The third kappa shape index (κ3) is 4.38. The van der Waals surface area contributed by atoms with Crippen LogP contribution >= 0.6 is 0 Å². The molecule has 0 saturated carbocycles. The van der Waals surface area contributed by atoms with Gasteiger partial charge in [-0.15, -0.1) is 0 Å². The lowest BCUT2D eigenvalue weighted by Crippen LogP contribution is -2.43. The molecular weight excluding hydrogens is 399 g/mol. The maximum Gasteiger partial charge on any atom is 0.276 e. The van der Waals surface area contributed by atoms with Crippen molar-refractivity contribution in [3.63, 3.8) is 0 Å². The van der Waals surface area contributed by atoms with E-state index in [9.17, 15) is 9.18 Å². The smallest absolute Gasteiger partial charge is 0.276 e. The zero-order chi connectivity index (χ0) is 22.0. The Morgan fingerprint density at radius 1 is 1.16 bits per heavy atom. The molecule has 1 aliphatic rings. The molecule has 1 saturated heterocycles. The molecule has 1 amide bonds. The van der Waals surface area contributed by atoms with Crippen LogP contribution in [0.15, 0.2) is 42.7 Å². The number of nitrogens with two attached hydrogens (primary N) is 3. The number of halogens is 1. The highest BCUT2D eigenvalue weighted by Crippen LogP contribution is 2.29. The Bertz CT molecular complexity index is 1120. The van der Waals surface area contributed by atoms with Crippen LogP contribution in [0.2, 0.25) is 0 Å². The molecular formula is C21H23FN8O. The molecule has 0 aliphatic carbocycles. The van der Waals surface area contributed by atoms with Crippen molar-refractivity contribution in [2.45, 2.75) is 18.9 Å². The maximum atomic E-state index is 13.3. The van der Waals surface area contributed by atoms with E-state index in [0.29, 0.717) is 23.5 Å². The quantitative estimate of drug-likeness (QED) is 0.467. The number of hydrogen-bond acceptors (Lipinski definition) is 8. The van der Waals surface area contributed by atoms with Crippen LogP contribution in [0.5, 0.6) is 0 Å². The lowest BCUT2D eigenvalue weighted by atomic mass is 10.1. The van der Waals surface area contributed by atoms with E-state index in [0.717, 1.165) is 25.1 Å². The standard InChI is InChI=1S/C21H23FN8O/c22-18-6-3-13(20(25)29-18)15-5-4-14(24)19(27-15)21(31)28-16-10-26-8-7-17(16)30-9-1-2-12(23)11-30/h3-8,10,12H,1-2,9,11,23-24H2,(H2,25,29)(H,28,31)/t12-/m0/s1. The van der Waals surface area contributed by atoms with Crippen molar-refractivity contribution in [3.8, 4) is 11.3 Å². The number of anilines is 4. The van der Waals surface area contributed by atoms with Crippen LogP contribution in [0, 0.1) is 5.95 Å².